The summed E-state index contributed by atoms with van der Waals surface area (Å²) in [7, 11) is 0. The molecule has 0 aliphatic carbocycles. The Morgan fingerprint density at radius 3 is 2.10 bits per heavy atom. The molecule has 0 fully saturated rings. The molecule has 0 spiro atoms. The molecule has 2 atom stereocenters. The van der Waals surface area contributed by atoms with Gasteiger partial charge in [-0.05, 0) is 43.0 Å². The zero-order valence-electron chi connectivity index (χ0n) is 12.4. The molecule has 0 saturated carbocycles. The summed E-state index contributed by atoms with van der Waals surface area (Å²) in [4.78, 5) is 0. The molecule has 1 aromatic rings. The molecule has 0 aliphatic heterocycles. The summed E-state index contributed by atoms with van der Waals surface area (Å²) in [5.41, 5.74) is 0.377. The number of benzene rings is 1. The molecule has 0 heterocycles. The van der Waals surface area contributed by atoms with E-state index in [1.54, 1.807) is 12.1 Å². The first-order valence-corrected chi connectivity index (χ1v) is 7.30. The van der Waals surface area contributed by atoms with Gasteiger partial charge >= 0.3 is 6.18 Å². The second kappa shape index (κ2) is 7.67. The minimum atomic E-state index is -4.26. The van der Waals surface area contributed by atoms with Crippen LogP contribution < -0.4 is 5.32 Å². The molecule has 4 heteroatoms. The van der Waals surface area contributed by atoms with Gasteiger partial charge in [-0.3, -0.25) is 0 Å². The predicted octanol–water partition coefficient (Wildman–Crippen LogP) is 4.98. The molecule has 1 N–H and O–H groups in total. The lowest BCUT2D eigenvalue weighted by atomic mass is 9.90. The molecular formula is C16H24F3N. The van der Waals surface area contributed by atoms with Crippen LogP contribution in [0.5, 0.6) is 0 Å². The fourth-order valence-corrected chi connectivity index (χ4v) is 2.38. The van der Waals surface area contributed by atoms with Crippen LogP contribution in [0.2, 0.25) is 0 Å². The lowest BCUT2D eigenvalue weighted by Crippen LogP contribution is -2.34. The van der Waals surface area contributed by atoms with E-state index in [1.807, 2.05) is 0 Å². The van der Waals surface area contributed by atoms with Crippen LogP contribution in [-0.4, -0.2) is 12.6 Å². The Morgan fingerprint density at radius 2 is 1.65 bits per heavy atom. The quantitative estimate of drug-likeness (QED) is 0.746. The van der Waals surface area contributed by atoms with Crippen LogP contribution in [0.15, 0.2) is 24.3 Å². The second-order valence-electron chi connectivity index (χ2n) is 5.26. The summed E-state index contributed by atoms with van der Waals surface area (Å²) in [6, 6.07) is 5.87. The lowest BCUT2D eigenvalue weighted by molar-refractivity contribution is -0.137. The van der Waals surface area contributed by atoms with Crippen molar-refractivity contribution in [1.29, 1.82) is 0 Å². The molecule has 2 unspecified atom stereocenters. The fourth-order valence-electron chi connectivity index (χ4n) is 2.38. The molecule has 0 aliphatic rings. The normalized spacial score (nSPS) is 15.1. The van der Waals surface area contributed by atoms with Gasteiger partial charge in [0.1, 0.15) is 0 Å². The molecule has 0 aromatic heterocycles. The maximum atomic E-state index is 12.6. The standard InChI is InChI=1S/C16H24F3N/c1-4-6-15(20-11-5-2)12(3)13-7-9-14(10-8-13)16(17,18)19/h7-10,12,15,20H,4-6,11H2,1-3H3. The minimum Gasteiger partial charge on any atom is -0.313 e. The van der Waals surface area contributed by atoms with Gasteiger partial charge in [-0.25, -0.2) is 0 Å². The van der Waals surface area contributed by atoms with Crippen molar-refractivity contribution in [3.05, 3.63) is 35.4 Å². The summed E-state index contributed by atoms with van der Waals surface area (Å²) in [6.07, 6.45) is -1.11. The lowest BCUT2D eigenvalue weighted by Gasteiger charge is -2.25. The van der Waals surface area contributed by atoms with E-state index in [0.29, 0.717) is 6.04 Å². The summed E-state index contributed by atoms with van der Waals surface area (Å²) in [5.74, 6) is 0.212. The SMILES string of the molecule is CCCNC(CCC)C(C)c1ccc(C(F)(F)F)cc1. The summed E-state index contributed by atoms with van der Waals surface area (Å²) in [6.45, 7) is 7.25. The van der Waals surface area contributed by atoms with E-state index in [9.17, 15) is 13.2 Å². The maximum Gasteiger partial charge on any atom is 0.416 e. The van der Waals surface area contributed by atoms with Crippen LogP contribution in [0.4, 0.5) is 13.2 Å². The molecule has 0 amide bonds. The van der Waals surface area contributed by atoms with Crippen LogP contribution in [-0.2, 0) is 6.18 Å². The van der Waals surface area contributed by atoms with Gasteiger partial charge in [0.05, 0.1) is 5.56 Å². The third-order valence-electron chi connectivity index (χ3n) is 3.62. The van der Waals surface area contributed by atoms with Crippen LogP contribution in [0.3, 0.4) is 0 Å². The first-order chi connectivity index (χ1) is 9.40. The Bertz CT molecular complexity index is 384. The molecule has 1 rings (SSSR count). The topological polar surface area (TPSA) is 12.0 Å². The van der Waals surface area contributed by atoms with Crippen molar-refractivity contribution in [2.45, 2.75) is 58.2 Å². The smallest absolute Gasteiger partial charge is 0.313 e. The van der Waals surface area contributed by atoms with Gasteiger partial charge in [-0.15, -0.1) is 0 Å². The first-order valence-electron chi connectivity index (χ1n) is 7.30. The highest BCUT2D eigenvalue weighted by atomic mass is 19.4. The maximum absolute atomic E-state index is 12.6. The Hall–Kier alpha value is -1.03. The van der Waals surface area contributed by atoms with E-state index >= 15 is 0 Å². The number of nitrogens with one attached hydrogen (secondary N) is 1. The average Bonchev–Trinajstić information content (AvgIpc) is 2.42. The van der Waals surface area contributed by atoms with Crippen molar-refractivity contribution < 1.29 is 13.2 Å². The third kappa shape index (κ3) is 4.82. The van der Waals surface area contributed by atoms with Crippen molar-refractivity contribution in [3.63, 3.8) is 0 Å². The van der Waals surface area contributed by atoms with Gasteiger partial charge in [-0.2, -0.15) is 13.2 Å². The van der Waals surface area contributed by atoms with Gasteiger partial charge in [0.25, 0.3) is 0 Å². The Kier molecular flexibility index (Phi) is 6.53. The van der Waals surface area contributed by atoms with E-state index in [-0.39, 0.29) is 5.92 Å². The Balaban J connectivity index is 2.80. The summed E-state index contributed by atoms with van der Waals surface area (Å²) in [5, 5.41) is 3.49. The number of hydrogen-bond donors (Lipinski definition) is 1. The number of halogens is 3. The molecule has 0 radical (unpaired) electrons. The second-order valence-corrected chi connectivity index (χ2v) is 5.26. The van der Waals surface area contributed by atoms with Gasteiger partial charge in [-0.1, -0.05) is 39.3 Å². The largest absolute Gasteiger partial charge is 0.416 e. The number of rotatable bonds is 7. The highest BCUT2D eigenvalue weighted by Crippen LogP contribution is 2.31. The predicted molar refractivity (Wildman–Crippen MR) is 76.8 cm³/mol. The molecule has 114 valence electrons. The van der Waals surface area contributed by atoms with Gasteiger partial charge in [0.15, 0.2) is 0 Å². The monoisotopic (exact) mass is 287 g/mol. The Morgan fingerprint density at radius 1 is 1.05 bits per heavy atom. The van der Waals surface area contributed by atoms with Crippen LogP contribution in [0.1, 0.15) is 57.1 Å². The van der Waals surface area contributed by atoms with E-state index in [2.05, 4.69) is 26.1 Å². The van der Waals surface area contributed by atoms with Crippen molar-refractivity contribution in [2.75, 3.05) is 6.54 Å². The zero-order chi connectivity index (χ0) is 15.2. The van der Waals surface area contributed by atoms with Crippen molar-refractivity contribution in [1.82, 2.24) is 5.32 Å². The molecule has 1 nitrogen and oxygen atoms in total. The van der Waals surface area contributed by atoms with Crippen molar-refractivity contribution >= 4 is 0 Å². The van der Waals surface area contributed by atoms with E-state index in [0.717, 1.165) is 31.4 Å². The van der Waals surface area contributed by atoms with Crippen LogP contribution in [0.25, 0.3) is 0 Å². The van der Waals surface area contributed by atoms with Crippen molar-refractivity contribution in [3.8, 4) is 0 Å². The molecule has 0 bridgehead atoms. The summed E-state index contributed by atoms with van der Waals surface area (Å²) >= 11 is 0. The van der Waals surface area contributed by atoms with E-state index < -0.39 is 11.7 Å². The number of alkyl halides is 3. The van der Waals surface area contributed by atoms with Crippen LogP contribution >= 0.6 is 0 Å². The molecule has 0 saturated heterocycles. The first kappa shape index (κ1) is 17.0. The van der Waals surface area contributed by atoms with Gasteiger partial charge in [0.2, 0.25) is 0 Å². The number of hydrogen-bond acceptors (Lipinski definition) is 1. The van der Waals surface area contributed by atoms with E-state index in [4.69, 9.17) is 0 Å². The van der Waals surface area contributed by atoms with Crippen LogP contribution in [0, 0.1) is 0 Å². The van der Waals surface area contributed by atoms with Gasteiger partial charge in [0, 0.05) is 6.04 Å². The molecular weight excluding hydrogens is 263 g/mol. The average molecular weight is 287 g/mol. The van der Waals surface area contributed by atoms with E-state index in [1.165, 1.54) is 12.1 Å². The minimum absolute atomic E-state index is 0.212. The zero-order valence-corrected chi connectivity index (χ0v) is 12.4. The Labute approximate surface area is 119 Å². The highest BCUT2D eigenvalue weighted by molar-refractivity contribution is 5.27. The molecule has 1 aromatic carbocycles. The van der Waals surface area contributed by atoms with Gasteiger partial charge < -0.3 is 5.32 Å². The van der Waals surface area contributed by atoms with Crippen molar-refractivity contribution in [2.24, 2.45) is 0 Å². The molecule has 20 heavy (non-hydrogen) atoms. The highest BCUT2D eigenvalue weighted by Gasteiger charge is 2.30. The fraction of sp³-hybridized carbons (Fsp3) is 0.625. The summed E-state index contributed by atoms with van der Waals surface area (Å²) < 4.78 is 37.7. The third-order valence-corrected chi connectivity index (χ3v) is 3.62.